The third-order valence-corrected chi connectivity index (χ3v) is 4.97. The van der Waals surface area contributed by atoms with Crippen LogP contribution in [0.4, 0.5) is 10.3 Å². The van der Waals surface area contributed by atoms with E-state index >= 15 is 0 Å². The van der Waals surface area contributed by atoms with Crippen LogP contribution >= 0.6 is 11.6 Å². The van der Waals surface area contributed by atoms with Crippen molar-refractivity contribution in [2.24, 2.45) is 0 Å². The zero-order valence-electron chi connectivity index (χ0n) is 16.8. The zero-order chi connectivity index (χ0) is 22.4. The van der Waals surface area contributed by atoms with Crippen LogP contribution < -0.4 is 10.6 Å². The molecule has 2 atom stereocenters. The second kappa shape index (κ2) is 10.3. The summed E-state index contributed by atoms with van der Waals surface area (Å²) < 4.78 is 14.3. The van der Waals surface area contributed by atoms with Gasteiger partial charge in [0.15, 0.2) is 5.82 Å². The Labute approximate surface area is 183 Å². The first-order chi connectivity index (χ1) is 14.9. The number of carbonyl (C=O) groups is 1. The second-order valence-corrected chi connectivity index (χ2v) is 7.32. The lowest BCUT2D eigenvalue weighted by Gasteiger charge is -2.16. The Morgan fingerprint density at radius 1 is 1.29 bits per heavy atom. The summed E-state index contributed by atoms with van der Waals surface area (Å²) in [5, 5.41) is 25.1. The number of aliphatic hydroxyl groups is 2. The van der Waals surface area contributed by atoms with E-state index in [0.29, 0.717) is 22.6 Å². The van der Waals surface area contributed by atoms with Gasteiger partial charge in [0.25, 0.3) is 5.91 Å². The molecule has 0 spiro atoms. The number of carbonyl (C=O) groups excluding carboxylic acids is 1. The Hall–Kier alpha value is -3.01. The van der Waals surface area contributed by atoms with Crippen LogP contribution in [0.25, 0.3) is 11.3 Å². The van der Waals surface area contributed by atoms with Crippen LogP contribution in [0.1, 0.15) is 35.4 Å². The number of rotatable bonds is 9. The van der Waals surface area contributed by atoms with Gasteiger partial charge in [0, 0.05) is 16.8 Å². The number of nitrogens with one attached hydrogen (secondary N) is 3. The number of hydrogen-bond acceptors (Lipinski definition) is 6. The summed E-state index contributed by atoms with van der Waals surface area (Å²) in [6, 6.07) is 7.36. The molecule has 1 amide bonds. The van der Waals surface area contributed by atoms with Crippen molar-refractivity contribution in [3.63, 3.8) is 0 Å². The fourth-order valence-corrected chi connectivity index (χ4v) is 3.15. The van der Waals surface area contributed by atoms with E-state index in [0.717, 1.165) is 6.20 Å². The van der Waals surface area contributed by atoms with E-state index < -0.39 is 17.8 Å². The van der Waals surface area contributed by atoms with Gasteiger partial charge in [0.1, 0.15) is 11.4 Å². The highest BCUT2D eigenvalue weighted by molar-refractivity contribution is 6.30. The Kier molecular flexibility index (Phi) is 7.56. The maximum Gasteiger partial charge on any atom is 0.268 e. The number of aliphatic hydroxyl groups excluding tert-OH is 2. The van der Waals surface area contributed by atoms with Gasteiger partial charge in [-0.1, -0.05) is 30.7 Å². The minimum atomic E-state index is -0.658. The summed E-state index contributed by atoms with van der Waals surface area (Å²) in [5.74, 6) is -0.962. The number of halogens is 2. The van der Waals surface area contributed by atoms with Gasteiger partial charge >= 0.3 is 0 Å². The summed E-state index contributed by atoms with van der Waals surface area (Å²) >= 11 is 5.98. The molecule has 0 bridgehead atoms. The Balaban J connectivity index is 1.78. The first-order valence-electron chi connectivity index (χ1n) is 9.71. The van der Waals surface area contributed by atoms with Crippen LogP contribution in [0.5, 0.6) is 0 Å². The molecular weight excluding hydrogens is 425 g/mol. The van der Waals surface area contributed by atoms with Gasteiger partial charge in [-0.2, -0.15) is 0 Å². The fraction of sp³-hybridized carbons (Fsp3) is 0.286. The lowest BCUT2D eigenvalue weighted by atomic mass is 10.1. The van der Waals surface area contributed by atoms with E-state index in [1.807, 2.05) is 6.92 Å². The van der Waals surface area contributed by atoms with Crippen LogP contribution in [-0.4, -0.2) is 50.3 Å². The standard InChI is InChI=1S/C21H23ClFN5O3/c1-2-15(10-29)26-21-25-9-16(23)19(28-21)13-7-17(24-8-13)20(31)27-18(11-30)12-4-3-5-14(22)6-12/h3-9,15,18,24,29-30H,2,10-11H2,1H3,(H,27,31)(H,25,26,28)/t15-,18+/m0/s1. The van der Waals surface area contributed by atoms with Crippen LogP contribution in [0, 0.1) is 5.82 Å². The number of aromatic nitrogens is 3. The van der Waals surface area contributed by atoms with E-state index in [2.05, 4.69) is 25.6 Å². The van der Waals surface area contributed by atoms with Crippen molar-refractivity contribution >= 4 is 23.5 Å². The number of H-pyrrole nitrogens is 1. The van der Waals surface area contributed by atoms with Crippen molar-refractivity contribution in [1.29, 1.82) is 0 Å². The minimum absolute atomic E-state index is 0.00847. The van der Waals surface area contributed by atoms with Crippen molar-refractivity contribution in [2.45, 2.75) is 25.4 Å². The lowest BCUT2D eigenvalue weighted by molar-refractivity contribution is 0.0911. The summed E-state index contributed by atoms with van der Waals surface area (Å²) in [5.41, 5.74) is 1.19. The summed E-state index contributed by atoms with van der Waals surface area (Å²) in [4.78, 5) is 23.5. The Bertz CT molecular complexity index is 1040. The molecule has 0 aliphatic carbocycles. The monoisotopic (exact) mass is 447 g/mol. The minimum Gasteiger partial charge on any atom is -0.394 e. The molecule has 8 nitrogen and oxygen atoms in total. The zero-order valence-corrected chi connectivity index (χ0v) is 17.5. The fourth-order valence-electron chi connectivity index (χ4n) is 2.95. The molecule has 0 radical (unpaired) electrons. The highest BCUT2D eigenvalue weighted by Crippen LogP contribution is 2.23. The Morgan fingerprint density at radius 3 is 2.77 bits per heavy atom. The molecule has 0 fully saturated rings. The van der Waals surface area contributed by atoms with Gasteiger partial charge < -0.3 is 25.8 Å². The molecular formula is C21H23ClFN5O3. The molecule has 2 aromatic heterocycles. The number of nitrogens with zero attached hydrogens (tertiary/aromatic N) is 2. The van der Waals surface area contributed by atoms with E-state index in [1.54, 1.807) is 24.3 Å². The number of benzene rings is 1. The average Bonchev–Trinajstić information content (AvgIpc) is 3.27. The predicted molar refractivity (Wildman–Crippen MR) is 115 cm³/mol. The molecule has 2 heterocycles. The summed E-state index contributed by atoms with van der Waals surface area (Å²) in [6.45, 7) is 1.46. The molecule has 0 saturated carbocycles. The highest BCUT2D eigenvalue weighted by atomic mass is 35.5. The van der Waals surface area contributed by atoms with E-state index in [-0.39, 0.29) is 36.6 Å². The number of amides is 1. The molecule has 164 valence electrons. The quantitative estimate of drug-likeness (QED) is 0.343. The molecule has 10 heteroatoms. The third-order valence-electron chi connectivity index (χ3n) is 4.73. The third kappa shape index (κ3) is 5.57. The molecule has 1 aromatic carbocycles. The lowest BCUT2D eigenvalue weighted by Crippen LogP contribution is -2.31. The first kappa shape index (κ1) is 22.7. The molecule has 3 aromatic rings. The van der Waals surface area contributed by atoms with Crippen LogP contribution in [0.3, 0.4) is 0 Å². The van der Waals surface area contributed by atoms with E-state index in [4.69, 9.17) is 11.6 Å². The summed E-state index contributed by atoms with van der Waals surface area (Å²) in [6.07, 6.45) is 3.13. The SMILES string of the molecule is CC[C@@H](CO)Nc1ncc(F)c(-c2c[nH]c(C(=O)N[C@H](CO)c3cccc(Cl)c3)c2)n1. The number of aromatic amines is 1. The first-order valence-corrected chi connectivity index (χ1v) is 10.1. The van der Waals surface area contributed by atoms with Gasteiger partial charge in [-0.3, -0.25) is 4.79 Å². The second-order valence-electron chi connectivity index (χ2n) is 6.89. The van der Waals surface area contributed by atoms with Crippen LogP contribution in [0.15, 0.2) is 42.7 Å². The van der Waals surface area contributed by atoms with Gasteiger partial charge in [-0.05, 0) is 30.2 Å². The van der Waals surface area contributed by atoms with Gasteiger partial charge in [-0.15, -0.1) is 0 Å². The molecule has 31 heavy (non-hydrogen) atoms. The van der Waals surface area contributed by atoms with E-state index in [9.17, 15) is 19.4 Å². The van der Waals surface area contributed by atoms with Crippen LogP contribution in [0.2, 0.25) is 5.02 Å². The largest absolute Gasteiger partial charge is 0.394 e. The molecule has 0 unspecified atom stereocenters. The molecule has 5 N–H and O–H groups in total. The topological polar surface area (TPSA) is 123 Å². The van der Waals surface area contributed by atoms with Gasteiger partial charge in [0.05, 0.1) is 31.5 Å². The molecule has 3 rings (SSSR count). The van der Waals surface area contributed by atoms with Crippen molar-refractivity contribution in [3.8, 4) is 11.3 Å². The molecule has 0 aliphatic heterocycles. The van der Waals surface area contributed by atoms with Crippen molar-refractivity contribution < 1.29 is 19.4 Å². The molecule has 0 saturated heterocycles. The number of anilines is 1. The van der Waals surface area contributed by atoms with Gasteiger partial charge in [-0.25, -0.2) is 14.4 Å². The highest BCUT2D eigenvalue weighted by Gasteiger charge is 2.19. The van der Waals surface area contributed by atoms with Crippen molar-refractivity contribution in [2.75, 3.05) is 18.5 Å². The summed E-state index contributed by atoms with van der Waals surface area (Å²) in [7, 11) is 0. The smallest absolute Gasteiger partial charge is 0.268 e. The average molecular weight is 448 g/mol. The predicted octanol–water partition coefficient (Wildman–Crippen LogP) is 2.91. The van der Waals surface area contributed by atoms with Crippen LogP contribution in [-0.2, 0) is 0 Å². The molecule has 0 aliphatic rings. The maximum atomic E-state index is 14.3. The van der Waals surface area contributed by atoms with E-state index in [1.165, 1.54) is 12.3 Å². The van der Waals surface area contributed by atoms with Crippen molar-refractivity contribution in [3.05, 3.63) is 64.8 Å². The van der Waals surface area contributed by atoms with Crippen molar-refractivity contribution in [1.82, 2.24) is 20.3 Å². The Morgan fingerprint density at radius 2 is 2.10 bits per heavy atom. The maximum absolute atomic E-state index is 14.3. The van der Waals surface area contributed by atoms with Gasteiger partial charge in [0.2, 0.25) is 5.95 Å². The normalized spacial score (nSPS) is 12.9. The number of hydrogen-bond donors (Lipinski definition) is 5.